The van der Waals surface area contributed by atoms with Crippen LogP contribution in [0, 0.1) is 5.82 Å². The molecule has 1 atom stereocenters. The molecule has 0 heterocycles. The summed E-state index contributed by atoms with van der Waals surface area (Å²) in [6, 6.07) is 7.03. The zero-order valence-corrected chi connectivity index (χ0v) is 12.6. The number of alkyl halides is 3. The summed E-state index contributed by atoms with van der Waals surface area (Å²) in [4.78, 5) is 0. The van der Waals surface area contributed by atoms with Crippen molar-refractivity contribution in [3.8, 4) is 0 Å². The lowest BCUT2D eigenvalue weighted by Gasteiger charge is -2.15. The first-order valence-electron chi connectivity index (χ1n) is 5.70. The van der Waals surface area contributed by atoms with E-state index in [1.807, 2.05) is 0 Å². The molecule has 0 radical (unpaired) electrons. The van der Waals surface area contributed by atoms with Crippen molar-refractivity contribution in [1.29, 1.82) is 0 Å². The zero-order valence-electron chi connectivity index (χ0n) is 10.3. The molecule has 0 amide bonds. The third-order valence-corrected chi connectivity index (χ3v) is 4.20. The topological polar surface area (TPSA) is 20.2 Å². The Morgan fingerprint density at radius 1 is 1.14 bits per heavy atom. The van der Waals surface area contributed by atoms with Crippen LogP contribution in [0.15, 0.2) is 40.9 Å². The van der Waals surface area contributed by atoms with Crippen molar-refractivity contribution in [1.82, 2.24) is 0 Å². The maximum absolute atomic E-state index is 13.5. The van der Waals surface area contributed by atoms with Crippen LogP contribution in [-0.4, -0.2) is 5.11 Å². The minimum Gasteiger partial charge on any atom is -0.384 e. The van der Waals surface area contributed by atoms with Crippen molar-refractivity contribution in [3.05, 3.63) is 68.4 Å². The Morgan fingerprint density at radius 2 is 1.81 bits per heavy atom. The van der Waals surface area contributed by atoms with E-state index in [2.05, 4.69) is 15.9 Å². The molecule has 0 saturated heterocycles. The molecule has 0 aliphatic rings. The maximum atomic E-state index is 13.5. The Hall–Kier alpha value is -1.11. The molecular formula is C14H8BrClF4O. The SMILES string of the molecule is OC(c1ccc(C(F)(F)F)c(F)c1)c1cccc(Br)c1Cl. The fourth-order valence-electron chi connectivity index (χ4n) is 1.84. The minimum atomic E-state index is -4.78. The number of rotatable bonds is 2. The van der Waals surface area contributed by atoms with Gasteiger partial charge in [0.1, 0.15) is 11.9 Å². The fourth-order valence-corrected chi connectivity index (χ4v) is 2.45. The van der Waals surface area contributed by atoms with Gasteiger partial charge in [0.25, 0.3) is 0 Å². The van der Waals surface area contributed by atoms with Crippen molar-refractivity contribution in [2.75, 3.05) is 0 Å². The number of aliphatic hydroxyl groups is 1. The summed E-state index contributed by atoms with van der Waals surface area (Å²) in [5, 5.41) is 10.4. The third kappa shape index (κ3) is 3.39. The van der Waals surface area contributed by atoms with Gasteiger partial charge in [-0.2, -0.15) is 13.2 Å². The predicted octanol–water partition coefficient (Wildman–Crippen LogP) is 5.34. The van der Waals surface area contributed by atoms with Crippen molar-refractivity contribution in [2.24, 2.45) is 0 Å². The number of halogens is 6. The number of hydrogen-bond donors (Lipinski definition) is 1. The molecule has 0 aliphatic carbocycles. The molecule has 0 saturated carbocycles. The monoisotopic (exact) mass is 382 g/mol. The van der Waals surface area contributed by atoms with E-state index in [1.54, 1.807) is 12.1 Å². The minimum absolute atomic E-state index is 0.0134. The van der Waals surface area contributed by atoms with Gasteiger partial charge in [-0.15, -0.1) is 0 Å². The van der Waals surface area contributed by atoms with Crippen LogP contribution in [0.4, 0.5) is 17.6 Å². The van der Waals surface area contributed by atoms with Crippen LogP contribution in [0.2, 0.25) is 5.02 Å². The average molecular weight is 384 g/mol. The number of benzene rings is 2. The smallest absolute Gasteiger partial charge is 0.384 e. The summed E-state index contributed by atoms with van der Waals surface area (Å²) in [5.41, 5.74) is -1.12. The van der Waals surface area contributed by atoms with E-state index < -0.39 is 23.7 Å². The van der Waals surface area contributed by atoms with Crippen LogP contribution in [0.1, 0.15) is 22.8 Å². The maximum Gasteiger partial charge on any atom is 0.419 e. The summed E-state index contributed by atoms with van der Waals surface area (Å²) < 4.78 is 51.5. The number of hydrogen-bond acceptors (Lipinski definition) is 1. The van der Waals surface area contributed by atoms with E-state index in [9.17, 15) is 22.7 Å². The van der Waals surface area contributed by atoms with E-state index in [1.165, 1.54) is 6.07 Å². The molecule has 7 heteroatoms. The Bertz CT molecular complexity index is 673. The van der Waals surface area contributed by atoms with Gasteiger partial charge in [-0.25, -0.2) is 4.39 Å². The molecule has 1 unspecified atom stereocenters. The first-order chi connectivity index (χ1) is 9.71. The van der Waals surface area contributed by atoms with Crippen LogP contribution in [0.5, 0.6) is 0 Å². The zero-order chi connectivity index (χ0) is 15.8. The lowest BCUT2D eigenvalue weighted by atomic mass is 10.00. The van der Waals surface area contributed by atoms with Crippen LogP contribution in [-0.2, 0) is 6.18 Å². The number of aliphatic hydroxyl groups excluding tert-OH is 1. The molecule has 1 nitrogen and oxygen atoms in total. The Morgan fingerprint density at radius 3 is 2.38 bits per heavy atom. The second kappa shape index (κ2) is 5.94. The lowest BCUT2D eigenvalue weighted by Crippen LogP contribution is -2.09. The van der Waals surface area contributed by atoms with Gasteiger partial charge >= 0.3 is 6.18 Å². The van der Waals surface area contributed by atoms with Crippen LogP contribution < -0.4 is 0 Å². The van der Waals surface area contributed by atoms with Gasteiger partial charge in [0.15, 0.2) is 0 Å². The molecular weight excluding hydrogens is 376 g/mol. The highest BCUT2D eigenvalue weighted by Gasteiger charge is 2.34. The molecule has 0 fully saturated rings. The van der Waals surface area contributed by atoms with E-state index in [0.717, 1.165) is 6.07 Å². The summed E-state index contributed by atoms with van der Waals surface area (Å²) in [7, 11) is 0. The molecule has 21 heavy (non-hydrogen) atoms. The van der Waals surface area contributed by atoms with Gasteiger partial charge < -0.3 is 5.11 Å². The Kier molecular flexibility index (Phi) is 4.60. The quantitative estimate of drug-likeness (QED) is 0.694. The first kappa shape index (κ1) is 16.3. The third-order valence-electron chi connectivity index (χ3n) is 2.89. The van der Waals surface area contributed by atoms with Crippen molar-refractivity contribution >= 4 is 27.5 Å². The lowest BCUT2D eigenvalue weighted by molar-refractivity contribution is -0.140. The standard InChI is InChI=1S/C14H8BrClF4O/c15-10-3-1-2-8(12(10)16)13(21)7-4-5-9(11(17)6-7)14(18,19)20/h1-6,13,21H. The first-order valence-corrected chi connectivity index (χ1v) is 6.87. The van der Waals surface area contributed by atoms with Crippen molar-refractivity contribution < 1.29 is 22.7 Å². The second-order valence-corrected chi connectivity index (χ2v) is 5.51. The van der Waals surface area contributed by atoms with Gasteiger partial charge in [-0.05, 0) is 39.7 Å². The van der Waals surface area contributed by atoms with Crippen LogP contribution in [0.25, 0.3) is 0 Å². The van der Waals surface area contributed by atoms with E-state index in [0.29, 0.717) is 16.6 Å². The van der Waals surface area contributed by atoms with Gasteiger partial charge in [-0.1, -0.05) is 29.8 Å². The summed E-state index contributed by atoms with van der Waals surface area (Å²) in [6.45, 7) is 0. The molecule has 0 bridgehead atoms. The van der Waals surface area contributed by atoms with Crippen LogP contribution >= 0.6 is 27.5 Å². The van der Waals surface area contributed by atoms with E-state index in [4.69, 9.17) is 11.6 Å². The highest BCUT2D eigenvalue weighted by atomic mass is 79.9. The second-order valence-electron chi connectivity index (χ2n) is 4.28. The summed E-state index contributed by atoms with van der Waals surface area (Å²) in [5.74, 6) is -1.44. The van der Waals surface area contributed by atoms with Gasteiger partial charge in [0, 0.05) is 10.0 Å². The normalized spacial score (nSPS) is 13.3. The molecule has 2 rings (SSSR count). The predicted molar refractivity (Wildman–Crippen MR) is 74.6 cm³/mol. The van der Waals surface area contributed by atoms with Gasteiger partial charge in [0.2, 0.25) is 0 Å². The molecule has 2 aromatic carbocycles. The Balaban J connectivity index is 2.43. The Labute approximate surface area is 131 Å². The largest absolute Gasteiger partial charge is 0.419 e. The van der Waals surface area contributed by atoms with Crippen molar-refractivity contribution in [3.63, 3.8) is 0 Å². The highest BCUT2D eigenvalue weighted by molar-refractivity contribution is 9.10. The van der Waals surface area contributed by atoms with Crippen molar-refractivity contribution in [2.45, 2.75) is 12.3 Å². The molecule has 2 aromatic rings. The summed E-state index contributed by atoms with van der Waals surface area (Å²) in [6.07, 6.45) is -6.10. The fraction of sp³-hybridized carbons (Fsp3) is 0.143. The van der Waals surface area contributed by atoms with E-state index in [-0.39, 0.29) is 16.1 Å². The highest BCUT2D eigenvalue weighted by Crippen LogP contribution is 2.36. The molecule has 0 aromatic heterocycles. The van der Waals surface area contributed by atoms with Crippen LogP contribution in [0.3, 0.4) is 0 Å². The average Bonchev–Trinajstić information content (AvgIpc) is 2.39. The molecule has 0 spiro atoms. The van der Waals surface area contributed by atoms with Gasteiger partial charge in [-0.3, -0.25) is 0 Å². The van der Waals surface area contributed by atoms with E-state index >= 15 is 0 Å². The van der Waals surface area contributed by atoms with Gasteiger partial charge in [0.05, 0.1) is 10.6 Å². The molecule has 0 aliphatic heterocycles. The molecule has 1 N–H and O–H groups in total. The summed E-state index contributed by atoms with van der Waals surface area (Å²) >= 11 is 9.17. The molecule has 112 valence electrons.